The van der Waals surface area contributed by atoms with Crippen LogP contribution in [0.15, 0.2) is 16.6 Å². The van der Waals surface area contributed by atoms with Gasteiger partial charge < -0.3 is 19.5 Å². The molecule has 0 atom stereocenters. The molecule has 0 aromatic heterocycles. The van der Waals surface area contributed by atoms with Crippen LogP contribution in [-0.4, -0.2) is 26.0 Å². The first-order valence-electron chi connectivity index (χ1n) is 7.23. The first-order chi connectivity index (χ1) is 9.83. The number of ether oxygens (including phenoxy) is 3. The van der Waals surface area contributed by atoms with Gasteiger partial charge >= 0.3 is 0 Å². The average molecular weight is 342 g/mol. The van der Waals surface area contributed by atoms with Crippen molar-refractivity contribution in [3.05, 3.63) is 22.2 Å². The van der Waals surface area contributed by atoms with Gasteiger partial charge in [0, 0.05) is 13.1 Å². The van der Waals surface area contributed by atoms with Gasteiger partial charge in [0.2, 0.25) is 6.79 Å². The van der Waals surface area contributed by atoms with Crippen molar-refractivity contribution in [3.63, 3.8) is 0 Å². The van der Waals surface area contributed by atoms with E-state index in [2.05, 4.69) is 27.3 Å². The molecule has 5 heteroatoms. The largest absolute Gasteiger partial charge is 0.454 e. The van der Waals surface area contributed by atoms with E-state index in [1.807, 2.05) is 6.07 Å². The van der Waals surface area contributed by atoms with E-state index >= 15 is 0 Å². The second kappa shape index (κ2) is 6.78. The minimum absolute atomic E-state index is 0.306. The maximum Gasteiger partial charge on any atom is 0.231 e. The van der Waals surface area contributed by atoms with Gasteiger partial charge in [-0.2, -0.15) is 0 Å². The number of hydrogen-bond acceptors (Lipinski definition) is 4. The molecule has 1 aromatic carbocycles. The Morgan fingerprint density at radius 2 is 2.10 bits per heavy atom. The topological polar surface area (TPSA) is 39.7 Å². The van der Waals surface area contributed by atoms with E-state index in [0.29, 0.717) is 12.9 Å². The summed E-state index contributed by atoms with van der Waals surface area (Å²) in [4.78, 5) is 0. The molecule has 2 aliphatic rings. The van der Waals surface area contributed by atoms with Crippen LogP contribution in [0.2, 0.25) is 0 Å². The molecule has 0 amide bonds. The Morgan fingerprint density at radius 3 is 2.95 bits per heavy atom. The van der Waals surface area contributed by atoms with Gasteiger partial charge in [0.25, 0.3) is 0 Å². The van der Waals surface area contributed by atoms with E-state index in [1.165, 1.54) is 31.2 Å². The Hall–Kier alpha value is -0.780. The summed E-state index contributed by atoms with van der Waals surface area (Å²) in [5, 5.41) is 3.40. The van der Waals surface area contributed by atoms with Crippen LogP contribution >= 0.6 is 15.9 Å². The lowest BCUT2D eigenvalue weighted by atomic mass is 10.2. The van der Waals surface area contributed by atoms with Crippen molar-refractivity contribution in [1.29, 1.82) is 0 Å². The van der Waals surface area contributed by atoms with Gasteiger partial charge in [0.1, 0.15) is 0 Å². The molecule has 0 bridgehead atoms. The molecular formula is C15H20BrNO3. The summed E-state index contributed by atoms with van der Waals surface area (Å²) >= 11 is 3.51. The van der Waals surface area contributed by atoms with Crippen molar-refractivity contribution in [1.82, 2.24) is 5.32 Å². The van der Waals surface area contributed by atoms with E-state index in [-0.39, 0.29) is 0 Å². The quantitative estimate of drug-likeness (QED) is 0.806. The van der Waals surface area contributed by atoms with Crippen LogP contribution in [0.3, 0.4) is 0 Å². The molecule has 1 fully saturated rings. The van der Waals surface area contributed by atoms with Crippen LogP contribution < -0.4 is 14.8 Å². The summed E-state index contributed by atoms with van der Waals surface area (Å²) in [6, 6.07) is 4.09. The average Bonchev–Trinajstić information content (AvgIpc) is 3.08. The van der Waals surface area contributed by atoms with E-state index in [9.17, 15) is 0 Å². The smallest absolute Gasteiger partial charge is 0.231 e. The Balaban J connectivity index is 1.41. The molecule has 4 nitrogen and oxygen atoms in total. The van der Waals surface area contributed by atoms with E-state index in [4.69, 9.17) is 14.2 Å². The number of benzene rings is 1. The predicted molar refractivity (Wildman–Crippen MR) is 80.2 cm³/mol. The van der Waals surface area contributed by atoms with Crippen molar-refractivity contribution in [2.75, 3.05) is 19.9 Å². The SMILES string of the molecule is Brc1cc(CNCCOC2CCCC2)cc2c1OCO2. The van der Waals surface area contributed by atoms with Crippen LogP contribution in [0.25, 0.3) is 0 Å². The fourth-order valence-electron chi connectivity index (χ4n) is 2.71. The molecule has 1 aliphatic carbocycles. The first kappa shape index (κ1) is 14.2. The van der Waals surface area contributed by atoms with Gasteiger partial charge in [0.15, 0.2) is 11.5 Å². The van der Waals surface area contributed by atoms with Crippen molar-refractivity contribution in [2.24, 2.45) is 0 Å². The molecule has 0 spiro atoms. The molecule has 1 N–H and O–H groups in total. The molecule has 1 aromatic rings. The summed E-state index contributed by atoms with van der Waals surface area (Å²) in [5.41, 5.74) is 1.18. The molecule has 20 heavy (non-hydrogen) atoms. The molecule has 1 saturated carbocycles. The third-order valence-corrected chi connectivity index (χ3v) is 4.34. The highest BCUT2D eigenvalue weighted by molar-refractivity contribution is 9.10. The number of rotatable bonds is 6. The van der Waals surface area contributed by atoms with E-state index in [0.717, 1.165) is 35.7 Å². The van der Waals surface area contributed by atoms with Gasteiger partial charge in [-0.05, 0) is 46.5 Å². The molecule has 0 unspecified atom stereocenters. The van der Waals surface area contributed by atoms with Crippen molar-refractivity contribution < 1.29 is 14.2 Å². The summed E-state index contributed by atoms with van der Waals surface area (Å²) in [6.07, 6.45) is 5.60. The number of hydrogen-bond donors (Lipinski definition) is 1. The Bertz CT molecular complexity index is 461. The second-order valence-electron chi connectivity index (χ2n) is 5.27. The minimum Gasteiger partial charge on any atom is -0.454 e. The lowest BCUT2D eigenvalue weighted by molar-refractivity contribution is 0.0603. The zero-order chi connectivity index (χ0) is 13.8. The van der Waals surface area contributed by atoms with Gasteiger partial charge in [-0.1, -0.05) is 12.8 Å². The van der Waals surface area contributed by atoms with Crippen LogP contribution in [-0.2, 0) is 11.3 Å². The second-order valence-corrected chi connectivity index (χ2v) is 6.12. The van der Waals surface area contributed by atoms with Gasteiger partial charge in [0.05, 0.1) is 17.2 Å². The molecule has 0 radical (unpaired) electrons. The molecular weight excluding hydrogens is 322 g/mol. The third-order valence-electron chi connectivity index (χ3n) is 3.75. The number of fused-ring (bicyclic) bond motifs is 1. The molecule has 1 heterocycles. The highest BCUT2D eigenvalue weighted by Crippen LogP contribution is 2.39. The van der Waals surface area contributed by atoms with Gasteiger partial charge in [-0.3, -0.25) is 0 Å². The third kappa shape index (κ3) is 3.45. The molecule has 3 rings (SSSR count). The van der Waals surface area contributed by atoms with Crippen LogP contribution in [0.5, 0.6) is 11.5 Å². The van der Waals surface area contributed by atoms with Gasteiger partial charge in [-0.25, -0.2) is 0 Å². The molecule has 110 valence electrons. The van der Waals surface area contributed by atoms with Gasteiger partial charge in [-0.15, -0.1) is 0 Å². The van der Waals surface area contributed by atoms with Crippen LogP contribution in [0, 0.1) is 0 Å². The molecule has 0 saturated heterocycles. The van der Waals surface area contributed by atoms with Crippen LogP contribution in [0.4, 0.5) is 0 Å². The van der Waals surface area contributed by atoms with E-state index < -0.39 is 0 Å². The van der Waals surface area contributed by atoms with Crippen molar-refractivity contribution >= 4 is 15.9 Å². The van der Waals surface area contributed by atoms with Crippen molar-refractivity contribution in [2.45, 2.75) is 38.3 Å². The normalized spacial score (nSPS) is 17.9. The first-order valence-corrected chi connectivity index (χ1v) is 8.02. The lowest BCUT2D eigenvalue weighted by Gasteiger charge is -2.11. The standard InChI is InChI=1S/C15H20BrNO3/c16-13-7-11(8-14-15(13)20-10-19-14)9-17-5-6-18-12-3-1-2-4-12/h7-8,12,17H,1-6,9-10H2. The lowest BCUT2D eigenvalue weighted by Crippen LogP contribution is -2.21. The highest BCUT2D eigenvalue weighted by atomic mass is 79.9. The monoisotopic (exact) mass is 341 g/mol. The summed E-state index contributed by atoms with van der Waals surface area (Å²) in [5.74, 6) is 1.62. The zero-order valence-corrected chi connectivity index (χ0v) is 13.1. The summed E-state index contributed by atoms with van der Waals surface area (Å²) < 4.78 is 17.6. The zero-order valence-electron chi connectivity index (χ0n) is 11.5. The van der Waals surface area contributed by atoms with Crippen LogP contribution in [0.1, 0.15) is 31.2 Å². The Morgan fingerprint density at radius 1 is 1.25 bits per heavy atom. The Kier molecular flexibility index (Phi) is 4.81. The predicted octanol–water partition coefficient (Wildman–Crippen LogP) is 3.23. The summed E-state index contributed by atoms with van der Waals surface area (Å²) in [6.45, 7) is 2.78. The minimum atomic E-state index is 0.306. The number of nitrogens with one attached hydrogen (secondary N) is 1. The number of halogens is 1. The van der Waals surface area contributed by atoms with E-state index in [1.54, 1.807) is 0 Å². The Labute approximate surface area is 127 Å². The molecule has 1 aliphatic heterocycles. The maximum atomic E-state index is 5.82. The fraction of sp³-hybridized carbons (Fsp3) is 0.600. The summed E-state index contributed by atoms with van der Waals surface area (Å²) in [7, 11) is 0. The fourth-order valence-corrected chi connectivity index (χ4v) is 3.31. The highest BCUT2D eigenvalue weighted by Gasteiger charge is 2.18. The van der Waals surface area contributed by atoms with Crippen molar-refractivity contribution in [3.8, 4) is 11.5 Å². The maximum absolute atomic E-state index is 5.82.